The summed E-state index contributed by atoms with van der Waals surface area (Å²) >= 11 is 0. The van der Waals surface area contributed by atoms with Crippen LogP contribution in [0, 0.1) is 5.92 Å². The minimum atomic E-state index is -2.79. The largest absolute Gasteiger partial charge is 0.356 e. The molecule has 0 bridgehead atoms. The molecule has 5 nitrogen and oxygen atoms in total. The van der Waals surface area contributed by atoms with E-state index in [9.17, 15) is 8.42 Å². The second kappa shape index (κ2) is 7.82. The summed E-state index contributed by atoms with van der Waals surface area (Å²) in [6, 6.07) is 0. The van der Waals surface area contributed by atoms with Gasteiger partial charge in [0.15, 0.2) is 15.8 Å². The summed E-state index contributed by atoms with van der Waals surface area (Å²) in [6.45, 7) is 1.57. The fourth-order valence-corrected chi connectivity index (χ4v) is 4.83. The van der Waals surface area contributed by atoms with Crippen molar-refractivity contribution in [2.24, 2.45) is 10.9 Å². The summed E-state index contributed by atoms with van der Waals surface area (Å²) in [4.78, 5) is 4.19. The molecule has 0 amide bonds. The topological polar surface area (TPSA) is 70.6 Å². The van der Waals surface area contributed by atoms with Gasteiger partial charge in [0.25, 0.3) is 0 Å². The first kappa shape index (κ1) is 16.3. The molecule has 2 N–H and O–H groups in total. The van der Waals surface area contributed by atoms with Crippen LogP contribution in [0.3, 0.4) is 0 Å². The van der Waals surface area contributed by atoms with E-state index < -0.39 is 9.84 Å². The number of rotatable bonds is 5. The van der Waals surface area contributed by atoms with Gasteiger partial charge in [-0.15, -0.1) is 0 Å². The molecule has 0 aromatic heterocycles. The molecule has 1 saturated heterocycles. The van der Waals surface area contributed by atoms with Gasteiger partial charge >= 0.3 is 0 Å². The minimum Gasteiger partial charge on any atom is -0.356 e. The summed E-state index contributed by atoms with van der Waals surface area (Å²) in [5, 5.41) is 6.55. The van der Waals surface area contributed by atoms with Crippen LogP contribution in [-0.2, 0) is 9.84 Å². The maximum absolute atomic E-state index is 11.4. The molecule has 1 heterocycles. The molecule has 2 rings (SSSR count). The molecule has 1 fully saturated rings. The number of allylic oxidation sites excluding steroid dienone is 1. The second-order valence-corrected chi connectivity index (χ2v) is 8.24. The summed E-state index contributed by atoms with van der Waals surface area (Å²) in [7, 11) is -1.04. The van der Waals surface area contributed by atoms with Crippen molar-refractivity contribution >= 4 is 15.8 Å². The van der Waals surface area contributed by atoms with Crippen molar-refractivity contribution in [1.82, 2.24) is 10.6 Å². The SMILES string of the molecule is CN=C(NCCC1=CCCCC1)NCC1CCS(=O)(=O)C1. The maximum Gasteiger partial charge on any atom is 0.190 e. The summed E-state index contributed by atoms with van der Waals surface area (Å²) in [6.07, 6.45) is 9.29. The lowest BCUT2D eigenvalue weighted by atomic mass is 9.97. The summed E-state index contributed by atoms with van der Waals surface area (Å²) in [5.74, 6) is 1.63. The third-order valence-electron chi connectivity index (χ3n) is 4.23. The zero-order chi connectivity index (χ0) is 15.1. The molecule has 0 aromatic rings. The number of nitrogens with zero attached hydrogens (tertiary/aromatic N) is 1. The van der Waals surface area contributed by atoms with Gasteiger partial charge in [-0.1, -0.05) is 11.6 Å². The standard InChI is InChI=1S/C15H27N3O2S/c1-16-15(17-9-7-13-5-3-2-4-6-13)18-11-14-8-10-21(19,20)12-14/h5,14H,2-4,6-12H2,1H3,(H2,16,17,18). The number of hydrogen-bond donors (Lipinski definition) is 2. The molecule has 2 aliphatic rings. The van der Waals surface area contributed by atoms with E-state index in [1.165, 1.54) is 25.7 Å². The first-order chi connectivity index (χ1) is 10.1. The van der Waals surface area contributed by atoms with Gasteiger partial charge in [0, 0.05) is 20.1 Å². The van der Waals surface area contributed by atoms with E-state index in [0.717, 1.165) is 25.3 Å². The molecular weight excluding hydrogens is 286 g/mol. The van der Waals surface area contributed by atoms with E-state index in [2.05, 4.69) is 21.7 Å². The normalized spacial score (nSPS) is 25.5. The predicted octanol–water partition coefficient (Wildman–Crippen LogP) is 1.48. The van der Waals surface area contributed by atoms with Crippen LogP contribution >= 0.6 is 0 Å². The van der Waals surface area contributed by atoms with E-state index in [4.69, 9.17) is 0 Å². The first-order valence-electron chi connectivity index (χ1n) is 7.92. The van der Waals surface area contributed by atoms with Crippen LogP contribution in [0.5, 0.6) is 0 Å². The lowest BCUT2D eigenvalue weighted by Crippen LogP contribution is -2.40. The smallest absolute Gasteiger partial charge is 0.190 e. The summed E-state index contributed by atoms with van der Waals surface area (Å²) in [5.41, 5.74) is 1.55. The number of sulfone groups is 1. The van der Waals surface area contributed by atoms with Crippen molar-refractivity contribution in [3.63, 3.8) is 0 Å². The molecule has 1 aliphatic heterocycles. The average molecular weight is 313 g/mol. The van der Waals surface area contributed by atoms with Crippen LogP contribution in [0.1, 0.15) is 38.5 Å². The lowest BCUT2D eigenvalue weighted by Gasteiger charge is -2.16. The highest BCUT2D eigenvalue weighted by Crippen LogP contribution is 2.19. The molecule has 6 heteroatoms. The number of nitrogens with one attached hydrogen (secondary N) is 2. The van der Waals surface area contributed by atoms with Gasteiger partial charge in [-0.25, -0.2) is 8.42 Å². The Hall–Kier alpha value is -1.04. The van der Waals surface area contributed by atoms with Crippen molar-refractivity contribution in [1.29, 1.82) is 0 Å². The lowest BCUT2D eigenvalue weighted by molar-refractivity contribution is 0.566. The van der Waals surface area contributed by atoms with Crippen molar-refractivity contribution in [2.45, 2.75) is 38.5 Å². The zero-order valence-corrected chi connectivity index (χ0v) is 13.7. The second-order valence-electron chi connectivity index (χ2n) is 6.01. The number of guanidine groups is 1. The Morgan fingerprint density at radius 1 is 1.38 bits per heavy atom. The Labute approximate surface area is 128 Å². The van der Waals surface area contributed by atoms with E-state index in [-0.39, 0.29) is 5.92 Å². The number of hydrogen-bond acceptors (Lipinski definition) is 3. The van der Waals surface area contributed by atoms with Crippen LogP contribution < -0.4 is 10.6 Å². The molecule has 1 atom stereocenters. The average Bonchev–Trinajstić information content (AvgIpc) is 2.83. The highest BCUT2D eigenvalue weighted by Gasteiger charge is 2.27. The highest BCUT2D eigenvalue weighted by atomic mass is 32.2. The summed E-state index contributed by atoms with van der Waals surface area (Å²) < 4.78 is 22.8. The fourth-order valence-electron chi connectivity index (χ4n) is 2.97. The van der Waals surface area contributed by atoms with Crippen LogP contribution in [-0.4, -0.2) is 46.0 Å². The Morgan fingerprint density at radius 2 is 2.24 bits per heavy atom. The van der Waals surface area contributed by atoms with Crippen LogP contribution in [0.4, 0.5) is 0 Å². The van der Waals surface area contributed by atoms with Crippen molar-refractivity contribution in [3.8, 4) is 0 Å². The number of aliphatic imine (C=N–C) groups is 1. The van der Waals surface area contributed by atoms with Gasteiger partial charge in [0.05, 0.1) is 11.5 Å². The van der Waals surface area contributed by atoms with Crippen LogP contribution in [0.2, 0.25) is 0 Å². The molecule has 21 heavy (non-hydrogen) atoms. The maximum atomic E-state index is 11.4. The van der Waals surface area contributed by atoms with Gasteiger partial charge in [0.1, 0.15) is 0 Å². The van der Waals surface area contributed by atoms with Crippen molar-refractivity contribution < 1.29 is 8.42 Å². The Morgan fingerprint density at radius 3 is 2.86 bits per heavy atom. The zero-order valence-electron chi connectivity index (χ0n) is 12.9. The van der Waals surface area contributed by atoms with Crippen LogP contribution in [0.15, 0.2) is 16.6 Å². The molecular formula is C15H27N3O2S. The minimum absolute atomic E-state index is 0.217. The van der Waals surface area contributed by atoms with E-state index >= 15 is 0 Å². The van der Waals surface area contributed by atoms with Gasteiger partial charge < -0.3 is 10.6 Å². The van der Waals surface area contributed by atoms with E-state index in [1.807, 2.05) is 0 Å². The van der Waals surface area contributed by atoms with Gasteiger partial charge in [-0.3, -0.25) is 4.99 Å². The third-order valence-corrected chi connectivity index (χ3v) is 6.07. The molecule has 0 aromatic carbocycles. The van der Waals surface area contributed by atoms with Gasteiger partial charge in [-0.05, 0) is 44.4 Å². The Kier molecular flexibility index (Phi) is 6.08. The van der Waals surface area contributed by atoms with Crippen molar-refractivity contribution in [3.05, 3.63) is 11.6 Å². The fraction of sp³-hybridized carbons (Fsp3) is 0.800. The molecule has 120 valence electrons. The van der Waals surface area contributed by atoms with Gasteiger partial charge in [-0.2, -0.15) is 0 Å². The van der Waals surface area contributed by atoms with Gasteiger partial charge in [0.2, 0.25) is 0 Å². The Balaban J connectivity index is 1.65. The monoisotopic (exact) mass is 313 g/mol. The first-order valence-corrected chi connectivity index (χ1v) is 9.74. The van der Waals surface area contributed by atoms with Crippen LogP contribution in [0.25, 0.3) is 0 Å². The third kappa shape index (κ3) is 5.69. The predicted molar refractivity (Wildman–Crippen MR) is 87.3 cm³/mol. The quantitative estimate of drug-likeness (QED) is 0.458. The van der Waals surface area contributed by atoms with E-state index in [0.29, 0.717) is 18.1 Å². The van der Waals surface area contributed by atoms with E-state index in [1.54, 1.807) is 12.6 Å². The highest BCUT2D eigenvalue weighted by molar-refractivity contribution is 7.91. The Bertz CT molecular complexity index is 497. The molecule has 0 saturated carbocycles. The molecule has 0 spiro atoms. The van der Waals surface area contributed by atoms with Crippen molar-refractivity contribution in [2.75, 3.05) is 31.6 Å². The molecule has 0 radical (unpaired) electrons. The molecule has 1 aliphatic carbocycles. The molecule has 1 unspecified atom stereocenters.